The van der Waals surface area contributed by atoms with E-state index in [0.29, 0.717) is 24.1 Å². The van der Waals surface area contributed by atoms with Gasteiger partial charge in [0.2, 0.25) is 11.9 Å². The largest absolute Gasteiger partial charge is 0.295 e. The SMILES string of the molecule is CC(=O)Nc1ncc2c(n1)C[C@@H](c1ccccc1)CC2=O. The molecule has 3 rings (SSSR count). The number of hydrogen-bond acceptors (Lipinski definition) is 4. The molecular formula is C16H15N3O2. The molecule has 106 valence electrons. The number of fused-ring (bicyclic) bond motifs is 1. The Hall–Kier alpha value is -2.56. The van der Waals surface area contributed by atoms with E-state index in [1.807, 2.05) is 30.3 Å². The van der Waals surface area contributed by atoms with Crippen LogP contribution < -0.4 is 5.32 Å². The average molecular weight is 281 g/mol. The summed E-state index contributed by atoms with van der Waals surface area (Å²) < 4.78 is 0. The number of Topliss-reactive ketones (excluding diaryl/α,β-unsaturated/α-hetero) is 1. The van der Waals surface area contributed by atoms with Crippen LogP contribution in [0.3, 0.4) is 0 Å². The number of hydrogen-bond donors (Lipinski definition) is 1. The molecule has 1 aliphatic carbocycles. The van der Waals surface area contributed by atoms with Crippen molar-refractivity contribution in [3.63, 3.8) is 0 Å². The molecule has 1 N–H and O–H groups in total. The van der Waals surface area contributed by atoms with Gasteiger partial charge in [0.1, 0.15) is 0 Å². The lowest BCUT2D eigenvalue weighted by atomic mass is 9.82. The number of ketones is 1. The molecule has 0 spiro atoms. The van der Waals surface area contributed by atoms with E-state index in [4.69, 9.17) is 0 Å². The fourth-order valence-electron chi connectivity index (χ4n) is 2.62. The highest BCUT2D eigenvalue weighted by Gasteiger charge is 2.27. The van der Waals surface area contributed by atoms with E-state index in [9.17, 15) is 9.59 Å². The van der Waals surface area contributed by atoms with E-state index in [0.717, 1.165) is 5.56 Å². The van der Waals surface area contributed by atoms with Crippen LogP contribution in [0.2, 0.25) is 0 Å². The molecule has 1 atom stereocenters. The van der Waals surface area contributed by atoms with Gasteiger partial charge < -0.3 is 0 Å². The van der Waals surface area contributed by atoms with Crippen LogP contribution in [0.5, 0.6) is 0 Å². The lowest BCUT2D eigenvalue weighted by molar-refractivity contribution is -0.114. The number of aromatic nitrogens is 2. The van der Waals surface area contributed by atoms with Gasteiger partial charge in [-0.3, -0.25) is 14.9 Å². The van der Waals surface area contributed by atoms with Gasteiger partial charge in [0.05, 0.1) is 11.3 Å². The van der Waals surface area contributed by atoms with Crippen molar-refractivity contribution in [1.29, 1.82) is 0 Å². The maximum atomic E-state index is 12.2. The van der Waals surface area contributed by atoms with Crippen molar-refractivity contribution in [2.45, 2.75) is 25.7 Å². The number of anilines is 1. The first-order valence-electron chi connectivity index (χ1n) is 6.85. The molecule has 2 aromatic rings. The van der Waals surface area contributed by atoms with Gasteiger partial charge in [-0.25, -0.2) is 9.97 Å². The smallest absolute Gasteiger partial charge is 0.229 e. The monoisotopic (exact) mass is 281 g/mol. The van der Waals surface area contributed by atoms with Gasteiger partial charge in [-0.15, -0.1) is 0 Å². The molecule has 1 amide bonds. The Labute approximate surface area is 122 Å². The molecule has 0 unspecified atom stereocenters. The van der Waals surface area contributed by atoms with Crippen molar-refractivity contribution in [1.82, 2.24) is 9.97 Å². The summed E-state index contributed by atoms with van der Waals surface area (Å²) in [6.45, 7) is 1.40. The van der Waals surface area contributed by atoms with Crippen molar-refractivity contribution < 1.29 is 9.59 Å². The highest BCUT2D eigenvalue weighted by Crippen LogP contribution is 2.31. The summed E-state index contributed by atoms with van der Waals surface area (Å²) in [5, 5.41) is 2.55. The molecule has 0 fully saturated rings. The van der Waals surface area contributed by atoms with Crippen molar-refractivity contribution in [2.75, 3.05) is 5.32 Å². The van der Waals surface area contributed by atoms with Crippen LogP contribution in [0.15, 0.2) is 36.5 Å². The summed E-state index contributed by atoms with van der Waals surface area (Å²) in [4.78, 5) is 31.6. The van der Waals surface area contributed by atoms with Gasteiger partial charge in [0.25, 0.3) is 0 Å². The minimum absolute atomic E-state index is 0.0551. The van der Waals surface area contributed by atoms with Crippen molar-refractivity contribution in [2.24, 2.45) is 0 Å². The Kier molecular flexibility index (Phi) is 3.48. The highest BCUT2D eigenvalue weighted by atomic mass is 16.1. The third-order valence-corrected chi connectivity index (χ3v) is 3.60. The minimum atomic E-state index is -0.225. The number of carbonyl (C=O) groups excluding carboxylic acids is 2. The van der Waals surface area contributed by atoms with E-state index >= 15 is 0 Å². The van der Waals surface area contributed by atoms with Crippen LogP contribution >= 0.6 is 0 Å². The summed E-state index contributed by atoms with van der Waals surface area (Å²) in [6.07, 6.45) is 2.66. The molecule has 1 aliphatic rings. The molecule has 5 heteroatoms. The Bertz CT molecular complexity index is 698. The van der Waals surface area contributed by atoms with Gasteiger partial charge in [-0.1, -0.05) is 30.3 Å². The molecule has 0 bridgehead atoms. The zero-order chi connectivity index (χ0) is 14.8. The molecule has 0 saturated heterocycles. The summed E-state index contributed by atoms with van der Waals surface area (Å²) in [7, 11) is 0. The Balaban J connectivity index is 1.92. The molecule has 0 saturated carbocycles. The van der Waals surface area contributed by atoms with E-state index < -0.39 is 0 Å². The van der Waals surface area contributed by atoms with Crippen LogP contribution in [-0.4, -0.2) is 21.7 Å². The van der Waals surface area contributed by atoms with Crippen molar-refractivity contribution in [3.8, 4) is 0 Å². The van der Waals surface area contributed by atoms with Crippen molar-refractivity contribution >= 4 is 17.6 Å². The average Bonchev–Trinajstić information content (AvgIpc) is 2.47. The summed E-state index contributed by atoms with van der Waals surface area (Å²) >= 11 is 0. The van der Waals surface area contributed by atoms with Crippen LogP contribution in [0.4, 0.5) is 5.95 Å². The number of carbonyl (C=O) groups is 2. The maximum Gasteiger partial charge on any atom is 0.229 e. The third kappa shape index (κ3) is 2.81. The molecule has 1 heterocycles. The predicted octanol–water partition coefficient (Wildman–Crippen LogP) is 2.35. The Morgan fingerprint density at radius 3 is 2.71 bits per heavy atom. The second kappa shape index (κ2) is 5.44. The van der Waals surface area contributed by atoms with E-state index in [1.54, 1.807) is 0 Å². The fraction of sp³-hybridized carbons (Fsp3) is 0.250. The Morgan fingerprint density at radius 2 is 2.00 bits per heavy atom. The van der Waals surface area contributed by atoms with Crippen LogP contribution in [0.25, 0.3) is 0 Å². The topological polar surface area (TPSA) is 72.0 Å². The first-order valence-corrected chi connectivity index (χ1v) is 6.85. The van der Waals surface area contributed by atoms with Gasteiger partial charge in [-0.05, 0) is 17.9 Å². The highest BCUT2D eigenvalue weighted by molar-refractivity contribution is 5.98. The van der Waals surface area contributed by atoms with E-state index in [1.165, 1.54) is 13.1 Å². The van der Waals surface area contributed by atoms with Gasteiger partial charge in [-0.2, -0.15) is 0 Å². The molecule has 0 aliphatic heterocycles. The second-order valence-electron chi connectivity index (χ2n) is 5.17. The van der Waals surface area contributed by atoms with E-state index in [-0.39, 0.29) is 23.6 Å². The summed E-state index contributed by atoms with van der Waals surface area (Å²) in [5.41, 5.74) is 2.41. The quantitative estimate of drug-likeness (QED) is 0.917. The van der Waals surface area contributed by atoms with Crippen LogP contribution in [-0.2, 0) is 11.2 Å². The lowest BCUT2D eigenvalue weighted by Crippen LogP contribution is -2.22. The molecule has 0 radical (unpaired) electrons. The van der Waals surface area contributed by atoms with Gasteiger partial charge in [0, 0.05) is 19.5 Å². The second-order valence-corrected chi connectivity index (χ2v) is 5.17. The lowest BCUT2D eigenvalue weighted by Gasteiger charge is -2.23. The first-order chi connectivity index (χ1) is 10.1. The summed E-state index contributed by atoms with van der Waals surface area (Å²) in [5.74, 6) is 0.213. The number of amides is 1. The Morgan fingerprint density at radius 1 is 1.24 bits per heavy atom. The first kappa shape index (κ1) is 13.4. The van der Waals surface area contributed by atoms with Crippen LogP contribution in [0.1, 0.15) is 40.9 Å². The van der Waals surface area contributed by atoms with Gasteiger partial charge in [0.15, 0.2) is 5.78 Å². The third-order valence-electron chi connectivity index (χ3n) is 3.60. The maximum absolute atomic E-state index is 12.2. The van der Waals surface area contributed by atoms with Crippen molar-refractivity contribution in [3.05, 3.63) is 53.3 Å². The molecule has 21 heavy (non-hydrogen) atoms. The molecule has 1 aromatic carbocycles. The summed E-state index contributed by atoms with van der Waals surface area (Å²) in [6, 6.07) is 9.95. The molecular weight excluding hydrogens is 266 g/mol. The minimum Gasteiger partial charge on any atom is -0.295 e. The number of benzene rings is 1. The van der Waals surface area contributed by atoms with E-state index in [2.05, 4.69) is 15.3 Å². The zero-order valence-electron chi connectivity index (χ0n) is 11.7. The number of nitrogens with zero attached hydrogens (tertiary/aromatic N) is 2. The zero-order valence-corrected chi connectivity index (χ0v) is 11.7. The fourth-order valence-corrected chi connectivity index (χ4v) is 2.62. The molecule has 5 nitrogen and oxygen atoms in total. The predicted molar refractivity (Wildman–Crippen MR) is 78.2 cm³/mol. The van der Waals surface area contributed by atoms with Gasteiger partial charge >= 0.3 is 0 Å². The standard InChI is InChI=1S/C16H15N3O2/c1-10(20)18-16-17-9-13-14(19-16)7-12(8-15(13)21)11-5-3-2-4-6-11/h2-6,9,12H,7-8H2,1H3,(H,17,18,19,20)/t12-/m1/s1. The van der Waals surface area contributed by atoms with Crippen LogP contribution in [0, 0.1) is 0 Å². The molecule has 1 aromatic heterocycles. The number of nitrogens with one attached hydrogen (secondary N) is 1. The number of rotatable bonds is 2. The normalized spacial score (nSPS) is 17.2.